The molecule has 3 heteroatoms. The highest BCUT2D eigenvalue weighted by atomic mass is 16.1. The molecule has 0 rings (SSSR count). The van der Waals surface area contributed by atoms with Gasteiger partial charge in [-0.3, -0.25) is 0 Å². The van der Waals surface area contributed by atoms with Crippen LogP contribution in [0.5, 0.6) is 0 Å². The summed E-state index contributed by atoms with van der Waals surface area (Å²) in [6.07, 6.45) is 13.2. The molecule has 0 fully saturated rings. The molecule has 0 atom stereocenters. The Morgan fingerprint density at radius 1 is 0.615 bits per heavy atom. The lowest BCUT2D eigenvalue weighted by molar-refractivity contribution is -0.117. The molecule has 0 aromatic carbocycles. The fourth-order valence-corrected chi connectivity index (χ4v) is 2.79. The Hall–Kier alpha value is -1.51. The minimum atomic E-state index is 0.282. The molecule has 0 unspecified atom stereocenters. The van der Waals surface area contributed by atoms with E-state index < -0.39 is 0 Å². The SMILES string of the molecule is C=C(C)CCCCC(=C)NCCCCCCNC(=C)CCCCC(C)=O. The Balaban J connectivity index is 3.32. The molecular formula is C23H42N2O. The van der Waals surface area contributed by atoms with Crippen molar-refractivity contribution in [1.82, 2.24) is 10.6 Å². The van der Waals surface area contributed by atoms with E-state index in [4.69, 9.17) is 0 Å². The van der Waals surface area contributed by atoms with Crippen LogP contribution in [-0.4, -0.2) is 18.9 Å². The number of Topliss-reactive ketones (excluding diaryl/α,β-unsaturated/α-hetero) is 1. The first-order valence-corrected chi connectivity index (χ1v) is 10.4. The van der Waals surface area contributed by atoms with Gasteiger partial charge in [-0.25, -0.2) is 0 Å². The second-order valence-electron chi connectivity index (χ2n) is 7.55. The molecule has 0 bridgehead atoms. The minimum Gasteiger partial charge on any atom is -0.389 e. The van der Waals surface area contributed by atoms with Crippen molar-refractivity contribution in [3.8, 4) is 0 Å². The van der Waals surface area contributed by atoms with Crippen LogP contribution in [0.4, 0.5) is 0 Å². The van der Waals surface area contributed by atoms with E-state index in [0.717, 1.165) is 50.9 Å². The summed E-state index contributed by atoms with van der Waals surface area (Å²) < 4.78 is 0. The second kappa shape index (κ2) is 16.9. The van der Waals surface area contributed by atoms with Gasteiger partial charge >= 0.3 is 0 Å². The van der Waals surface area contributed by atoms with Crippen molar-refractivity contribution < 1.29 is 4.79 Å². The highest BCUT2D eigenvalue weighted by molar-refractivity contribution is 5.75. The van der Waals surface area contributed by atoms with E-state index in [1.165, 1.54) is 49.8 Å². The van der Waals surface area contributed by atoms with E-state index in [9.17, 15) is 4.79 Å². The van der Waals surface area contributed by atoms with Crippen molar-refractivity contribution in [3.05, 3.63) is 36.7 Å². The lowest BCUT2D eigenvalue weighted by atomic mass is 10.1. The zero-order chi connectivity index (χ0) is 19.6. The van der Waals surface area contributed by atoms with E-state index in [1.54, 1.807) is 6.92 Å². The van der Waals surface area contributed by atoms with Crippen molar-refractivity contribution in [2.24, 2.45) is 0 Å². The summed E-state index contributed by atoms with van der Waals surface area (Å²) in [5.41, 5.74) is 3.56. The molecule has 0 heterocycles. The van der Waals surface area contributed by atoms with E-state index in [-0.39, 0.29) is 5.78 Å². The second-order valence-corrected chi connectivity index (χ2v) is 7.55. The van der Waals surface area contributed by atoms with Crippen LogP contribution < -0.4 is 10.6 Å². The molecule has 150 valence electrons. The van der Waals surface area contributed by atoms with Gasteiger partial charge in [0.05, 0.1) is 0 Å². The van der Waals surface area contributed by atoms with Gasteiger partial charge in [-0.15, -0.1) is 6.58 Å². The van der Waals surface area contributed by atoms with Crippen molar-refractivity contribution in [1.29, 1.82) is 0 Å². The average molecular weight is 363 g/mol. The van der Waals surface area contributed by atoms with Gasteiger partial charge in [0.25, 0.3) is 0 Å². The molecule has 26 heavy (non-hydrogen) atoms. The molecule has 0 saturated heterocycles. The molecule has 0 amide bonds. The molecule has 0 aliphatic carbocycles. The third-order valence-corrected chi connectivity index (χ3v) is 4.44. The summed E-state index contributed by atoms with van der Waals surface area (Å²) in [5, 5.41) is 6.85. The maximum Gasteiger partial charge on any atom is 0.129 e. The number of carbonyl (C=O) groups is 1. The van der Waals surface area contributed by atoms with Crippen molar-refractivity contribution in [2.75, 3.05) is 13.1 Å². The minimum absolute atomic E-state index is 0.282. The van der Waals surface area contributed by atoms with Gasteiger partial charge in [-0.05, 0) is 71.6 Å². The predicted octanol–water partition coefficient (Wildman–Crippen LogP) is 6.04. The Kier molecular flexibility index (Phi) is 15.9. The van der Waals surface area contributed by atoms with Crippen molar-refractivity contribution in [3.63, 3.8) is 0 Å². The summed E-state index contributed by atoms with van der Waals surface area (Å²) >= 11 is 0. The first-order chi connectivity index (χ1) is 12.4. The van der Waals surface area contributed by atoms with E-state index >= 15 is 0 Å². The summed E-state index contributed by atoms with van der Waals surface area (Å²) in [6, 6.07) is 0. The number of nitrogens with one attached hydrogen (secondary N) is 2. The van der Waals surface area contributed by atoms with Crippen LogP contribution in [0, 0.1) is 0 Å². The van der Waals surface area contributed by atoms with Gasteiger partial charge in [0.15, 0.2) is 0 Å². The molecule has 3 nitrogen and oxygen atoms in total. The first-order valence-electron chi connectivity index (χ1n) is 10.4. The monoisotopic (exact) mass is 362 g/mol. The van der Waals surface area contributed by atoms with Gasteiger partial charge in [0.2, 0.25) is 0 Å². The highest BCUT2D eigenvalue weighted by Gasteiger charge is 1.98. The number of ketones is 1. The van der Waals surface area contributed by atoms with Crippen LogP contribution in [0.2, 0.25) is 0 Å². The fraction of sp³-hybridized carbons (Fsp3) is 0.696. The molecule has 2 N–H and O–H groups in total. The lowest BCUT2D eigenvalue weighted by Crippen LogP contribution is -2.15. The quantitative estimate of drug-likeness (QED) is 0.217. The molecule has 0 aromatic rings. The fourth-order valence-electron chi connectivity index (χ4n) is 2.79. The van der Waals surface area contributed by atoms with Gasteiger partial charge in [0.1, 0.15) is 5.78 Å². The van der Waals surface area contributed by atoms with Crippen LogP contribution >= 0.6 is 0 Å². The smallest absolute Gasteiger partial charge is 0.129 e. The topological polar surface area (TPSA) is 41.1 Å². The number of rotatable bonds is 19. The summed E-state index contributed by atoms with van der Waals surface area (Å²) in [5.74, 6) is 0.282. The predicted molar refractivity (Wildman–Crippen MR) is 115 cm³/mol. The molecule has 0 saturated carbocycles. The highest BCUT2D eigenvalue weighted by Crippen LogP contribution is 2.09. The summed E-state index contributed by atoms with van der Waals surface area (Å²) in [4.78, 5) is 10.9. The molecule has 0 aliphatic heterocycles. The number of hydrogen-bond acceptors (Lipinski definition) is 3. The molecule has 0 radical (unpaired) electrons. The zero-order valence-electron chi connectivity index (χ0n) is 17.4. The number of unbranched alkanes of at least 4 members (excludes halogenated alkanes) is 5. The van der Waals surface area contributed by atoms with E-state index in [2.05, 4.69) is 37.3 Å². The third-order valence-electron chi connectivity index (χ3n) is 4.44. The summed E-state index contributed by atoms with van der Waals surface area (Å²) in [6.45, 7) is 17.9. The molecular weight excluding hydrogens is 320 g/mol. The Labute approximate surface area is 162 Å². The Morgan fingerprint density at radius 3 is 1.46 bits per heavy atom. The Bertz CT molecular complexity index is 386. The van der Waals surface area contributed by atoms with Crippen LogP contribution in [0.25, 0.3) is 0 Å². The maximum absolute atomic E-state index is 10.9. The molecule has 0 spiro atoms. The van der Waals surface area contributed by atoms with Gasteiger partial charge < -0.3 is 15.4 Å². The average Bonchev–Trinajstić information content (AvgIpc) is 2.57. The molecule has 0 aliphatic rings. The van der Waals surface area contributed by atoms with Crippen molar-refractivity contribution in [2.45, 2.75) is 90.9 Å². The van der Waals surface area contributed by atoms with Crippen LogP contribution in [0.1, 0.15) is 90.9 Å². The largest absolute Gasteiger partial charge is 0.389 e. The maximum atomic E-state index is 10.9. The van der Waals surface area contributed by atoms with E-state index in [1.807, 2.05) is 0 Å². The summed E-state index contributed by atoms with van der Waals surface area (Å²) in [7, 11) is 0. The van der Waals surface area contributed by atoms with Gasteiger partial charge in [0, 0.05) is 30.9 Å². The number of hydrogen-bond donors (Lipinski definition) is 2. The third kappa shape index (κ3) is 18.8. The molecule has 0 aromatic heterocycles. The lowest BCUT2D eigenvalue weighted by Gasteiger charge is -2.10. The van der Waals surface area contributed by atoms with Crippen LogP contribution in [-0.2, 0) is 4.79 Å². The first kappa shape index (κ1) is 24.5. The van der Waals surface area contributed by atoms with Crippen LogP contribution in [0.15, 0.2) is 36.7 Å². The van der Waals surface area contributed by atoms with Gasteiger partial charge in [-0.2, -0.15) is 0 Å². The number of allylic oxidation sites excluding steroid dienone is 3. The van der Waals surface area contributed by atoms with E-state index in [0.29, 0.717) is 6.42 Å². The number of carbonyl (C=O) groups excluding carboxylic acids is 1. The van der Waals surface area contributed by atoms with Crippen molar-refractivity contribution >= 4 is 5.78 Å². The van der Waals surface area contributed by atoms with Crippen LogP contribution in [0.3, 0.4) is 0 Å². The normalized spacial score (nSPS) is 10.4. The van der Waals surface area contributed by atoms with Gasteiger partial charge in [-0.1, -0.05) is 31.6 Å². The standard InChI is InChI=1S/C23H42N2O/c1-20(2)14-8-9-15-21(3)24-18-12-6-7-13-19-25-22(4)16-10-11-17-23(5)26/h24-25H,1,3-4,6-19H2,2,5H3. The Morgan fingerprint density at radius 2 is 1.04 bits per heavy atom. The zero-order valence-corrected chi connectivity index (χ0v) is 17.4.